The van der Waals surface area contributed by atoms with E-state index in [0.717, 1.165) is 21.7 Å². The van der Waals surface area contributed by atoms with Crippen molar-refractivity contribution < 1.29 is 22.8 Å². The Morgan fingerprint density at radius 2 is 1.64 bits per heavy atom. The molecule has 0 aliphatic carbocycles. The van der Waals surface area contributed by atoms with E-state index in [0.29, 0.717) is 11.6 Å². The molecular weight excluding hydrogens is 633 g/mol. The highest BCUT2D eigenvalue weighted by molar-refractivity contribution is 7.92. The van der Waals surface area contributed by atoms with E-state index in [4.69, 9.17) is 0 Å². The first kappa shape index (κ1) is 33.8. The van der Waals surface area contributed by atoms with Crippen LogP contribution in [0.5, 0.6) is 0 Å². The molecule has 14 heteroatoms. The van der Waals surface area contributed by atoms with Crippen molar-refractivity contribution >= 4 is 61.2 Å². The van der Waals surface area contributed by atoms with Gasteiger partial charge in [0.1, 0.15) is 0 Å². The summed E-state index contributed by atoms with van der Waals surface area (Å²) in [5, 5.41) is 18.1. The van der Waals surface area contributed by atoms with Crippen molar-refractivity contribution in [1.82, 2.24) is 20.9 Å². The number of rotatable bonds is 14. The fourth-order valence-corrected chi connectivity index (χ4v) is 6.10. The predicted molar refractivity (Wildman–Crippen MR) is 179 cm³/mol. The molecule has 0 bridgehead atoms. The van der Waals surface area contributed by atoms with Crippen LogP contribution in [-0.2, 0) is 21.2 Å². The molecule has 0 radical (unpaired) electrons. The van der Waals surface area contributed by atoms with Gasteiger partial charge in [0.2, 0.25) is 15.9 Å². The molecular formula is C31H36N6O5S3. The van der Waals surface area contributed by atoms with Crippen molar-refractivity contribution in [3.05, 3.63) is 99.2 Å². The first-order valence-corrected chi connectivity index (χ1v) is 17.8. The van der Waals surface area contributed by atoms with Gasteiger partial charge < -0.3 is 21.3 Å². The van der Waals surface area contributed by atoms with Gasteiger partial charge in [-0.15, -0.1) is 11.3 Å². The maximum absolute atomic E-state index is 13.7. The number of aromatic nitrogens is 1. The van der Waals surface area contributed by atoms with E-state index in [1.807, 2.05) is 54.1 Å². The third-order valence-electron chi connectivity index (χ3n) is 7.07. The molecule has 0 spiro atoms. The number of nitrogens with zero attached hydrogens (tertiary/aromatic N) is 2. The van der Waals surface area contributed by atoms with Crippen molar-refractivity contribution in [2.24, 2.45) is 0 Å². The number of thiophene rings is 1. The Hall–Kier alpha value is -4.11. The van der Waals surface area contributed by atoms with Gasteiger partial charge in [0.15, 0.2) is 5.13 Å². The van der Waals surface area contributed by atoms with Crippen LogP contribution in [0.25, 0.3) is 0 Å². The van der Waals surface area contributed by atoms with E-state index in [-0.39, 0.29) is 35.3 Å². The van der Waals surface area contributed by atoms with Crippen LogP contribution in [0.15, 0.2) is 76.9 Å². The Kier molecular flexibility index (Phi) is 11.4. The molecule has 0 saturated heterocycles. The summed E-state index contributed by atoms with van der Waals surface area (Å²) in [6.45, 7) is 3.82. The number of sulfonamides is 1. The quantitative estimate of drug-likeness (QED) is 0.158. The lowest BCUT2D eigenvalue weighted by atomic mass is 10.0. The number of hydrogen-bond donors (Lipinski definition) is 4. The minimum atomic E-state index is -3.69. The molecule has 2 aromatic carbocycles. The van der Waals surface area contributed by atoms with Gasteiger partial charge in [0.25, 0.3) is 11.8 Å². The third kappa shape index (κ3) is 9.69. The first-order chi connectivity index (χ1) is 21.4. The molecule has 4 N–H and O–H groups in total. The number of anilines is 2. The summed E-state index contributed by atoms with van der Waals surface area (Å²) in [6.07, 6.45) is 3.13. The van der Waals surface area contributed by atoms with Gasteiger partial charge in [-0.05, 0) is 66.4 Å². The van der Waals surface area contributed by atoms with E-state index < -0.39 is 33.9 Å². The number of amides is 3. The molecule has 0 aliphatic heterocycles. The second kappa shape index (κ2) is 15.3. The van der Waals surface area contributed by atoms with Gasteiger partial charge in [-0.3, -0.25) is 18.7 Å². The van der Waals surface area contributed by atoms with Gasteiger partial charge in [-0.25, -0.2) is 13.4 Å². The molecule has 238 valence electrons. The lowest BCUT2D eigenvalue weighted by molar-refractivity contribution is -0.117. The molecule has 11 nitrogen and oxygen atoms in total. The average Bonchev–Trinajstić information content (AvgIpc) is 3.73. The number of carbonyl (C=O) groups excluding carboxylic acids is 3. The zero-order chi connectivity index (χ0) is 32.6. The summed E-state index contributed by atoms with van der Waals surface area (Å²) >= 11 is 2.85. The van der Waals surface area contributed by atoms with Crippen LogP contribution in [0.4, 0.5) is 10.8 Å². The fraction of sp³-hybridized carbons (Fsp3) is 0.290. The van der Waals surface area contributed by atoms with Crippen LogP contribution < -0.4 is 25.6 Å². The van der Waals surface area contributed by atoms with Crippen LogP contribution in [0, 0.1) is 0 Å². The van der Waals surface area contributed by atoms with Crippen molar-refractivity contribution in [3.63, 3.8) is 0 Å². The molecule has 0 fully saturated rings. The van der Waals surface area contributed by atoms with Gasteiger partial charge in [0, 0.05) is 42.3 Å². The van der Waals surface area contributed by atoms with E-state index in [1.54, 1.807) is 18.5 Å². The summed E-state index contributed by atoms with van der Waals surface area (Å²) in [4.78, 5) is 43.8. The summed E-state index contributed by atoms with van der Waals surface area (Å²) in [5.74, 6) is -1.21. The zero-order valence-electron chi connectivity index (χ0n) is 25.3. The number of carbonyl (C=O) groups is 3. The lowest BCUT2D eigenvalue weighted by Gasteiger charge is -2.23. The van der Waals surface area contributed by atoms with Gasteiger partial charge in [-0.1, -0.05) is 30.3 Å². The van der Waals surface area contributed by atoms with E-state index in [9.17, 15) is 22.8 Å². The topological polar surface area (TPSA) is 150 Å². The van der Waals surface area contributed by atoms with Gasteiger partial charge in [0.05, 0.1) is 24.0 Å². The Morgan fingerprint density at radius 1 is 0.956 bits per heavy atom. The minimum Gasteiger partial charge on any atom is -0.348 e. The van der Waals surface area contributed by atoms with Crippen molar-refractivity contribution in [2.45, 2.75) is 38.4 Å². The Labute approximate surface area is 271 Å². The molecule has 0 unspecified atom stereocenters. The second-order valence-corrected chi connectivity index (χ2v) is 14.3. The molecule has 3 atom stereocenters. The molecule has 0 aliphatic rings. The molecule has 0 saturated carbocycles. The third-order valence-corrected chi connectivity index (χ3v) is 9.70. The summed E-state index contributed by atoms with van der Waals surface area (Å²) < 4.78 is 25.8. The monoisotopic (exact) mass is 668 g/mol. The van der Waals surface area contributed by atoms with Crippen LogP contribution in [-0.4, -0.2) is 63.1 Å². The fourth-order valence-electron chi connectivity index (χ4n) is 4.40. The number of hydrogen-bond acceptors (Lipinski definition) is 9. The smallest absolute Gasteiger partial charge is 0.251 e. The van der Waals surface area contributed by atoms with E-state index in [2.05, 4.69) is 26.3 Å². The molecule has 4 aromatic rings. The first-order valence-electron chi connectivity index (χ1n) is 14.1. The van der Waals surface area contributed by atoms with Gasteiger partial charge >= 0.3 is 0 Å². The molecule has 2 heterocycles. The van der Waals surface area contributed by atoms with Crippen molar-refractivity contribution in [1.29, 1.82) is 0 Å². The van der Waals surface area contributed by atoms with Crippen LogP contribution in [0.2, 0.25) is 0 Å². The standard InChI is InChI=1S/C31H36N6O5S3/c1-20(23-8-6-5-7-9-23)34-29(39)24-15-25(17-27(16-24)37(3)45(4,41)42)30(40)35-26(14-22-10-12-43-19-22)18-33-21(2)28(38)36-31-32-11-13-44-31/h5-13,15-17,19-21,26,33H,14,18H2,1-4H3,(H,34,39)(H,35,40)(H,32,36,38)/t20-,21+,26+/m1/s1. The minimum absolute atomic E-state index is 0.116. The predicted octanol–water partition coefficient (Wildman–Crippen LogP) is 4.05. The molecule has 2 aromatic heterocycles. The molecule has 45 heavy (non-hydrogen) atoms. The Bertz CT molecular complexity index is 1700. The molecule has 4 rings (SSSR count). The maximum atomic E-state index is 13.7. The normalized spacial score (nSPS) is 13.3. The Balaban J connectivity index is 1.55. The highest BCUT2D eigenvalue weighted by Crippen LogP contribution is 2.22. The summed E-state index contributed by atoms with van der Waals surface area (Å²) in [6, 6.07) is 14.3. The second-order valence-electron chi connectivity index (χ2n) is 10.6. The number of thiazole rings is 1. The summed E-state index contributed by atoms with van der Waals surface area (Å²) in [7, 11) is -2.33. The van der Waals surface area contributed by atoms with Crippen molar-refractivity contribution in [3.8, 4) is 0 Å². The van der Waals surface area contributed by atoms with E-state index in [1.165, 1.54) is 47.9 Å². The summed E-state index contributed by atoms with van der Waals surface area (Å²) in [5.41, 5.74) is 2.32. The largest absolute Gasteiger partial charge is 0.348 e. The van der Waals surface area contributed by atoms with Crippen LogP contribution in [0.3, 0.4) is 0 Å². The lowest BCUT2D eigenvalue weighted by Crippen LogP contribution is -2.48. The van der Waals surface area contributed by atoms with Crippen LogP contribution >= 0.6 is 22.7 Å². The SMILES string of the molecule is C[C@H](NC[C@H](Cc1ccsc1)NC(=O)c1cc(C(=O)N[C@H](C)c2ccccc2)cc(N(C)S(C)(=O)=O)c1)C(=O)Nc1nccs1. The Morgan fingerprint density at radius 3 is 2.24 bits per heavy atom. The number of nitrogens with one attached hydrogen (secondary N) is 4. The number of benzene rings is 2. The maximum Gasteiger partial charge on any atom is 0.251 e. The van der Waals surface area contributed by atoms with Crippen LogP contribution in [0.1, 0.15) is 51.7 Å². The zero-order valence-corrected chi connectivity index (χ0v) is 27.8. The van der Waals surface area contributed by atoms with Gasteiger partial charge in [-0.2, -0.15) is 11.3 Å². The highest BCUT2D eigenvalue weighted by Gasteiger charge is 2.23. The van der Waals surface area contributed by atoms with Crippen molar-refractivity contribution in [2.75, 3.05) is 29.5 Å². The van der Waals surface area contributed by atoms with E-state index >= 15 is 0 Å². The molecule has 3 amide bonds. The average molecular weight is 669 g/mol. The highest BCUT2D eigenvalue weighted by atomic mass is 32.2.